The van der Waals surface area contributed by atoms with Gasteiger partial charge in [-0.3, -0.25) is 0 Å². The Labute approximate surface area is 228 Å². The highest BCUT2D eigenvalue weighted by molar-refractivity contribution is 9.10. The van der Waals surface area contributed by atoms with Crippen molar-refractivity contribution in [3.8, 4) is 28.0 Å². The van der Waals surface area contributed by atoms with Crippen LogP contribution in [0.5, 0.6) is 5.75 Å². The van der Waals surface area contributed by atoms with Gasteiger partial charge in [-0.2, -0.15) is 0 Å². The Morgan fingerprint density at radius 2 is 1.16 bits per heavy atom. The summed E-state index contributed by atoms with van der Waals surface area (Å²) in [5.74, 6) is 0.229. The minimum Gasteiger partial charge on any atom is -0.508 e. The third-order valence-electron chi connectivity index (χ3n) is 6.52. The van der Waals surface area contributed by atoms with Gasteiger partial charge >= 0.3 is 0 Å². The largest absolute Gasteiger partial charge is 0.508 e. The molecule has 5 aromatic carbocycles. The molecule has 0 radical (unpaired) electrons. The number of benzene rings is 5. The van der Waals surface area contributed by atoms with Crippen molar-refractivity contribution in [2.45, 2.75) is 26.2 Å². The number of nitrogens with zero attached hydrogens (tertiary/aromatic N) is 1. The van der Waals surface area contributed by atoms with Gasteiger partial charge in [0.05, 0.1) is 5.69 Å². The molecule has 184 valence electrons. The average molecular weight is 549 g/mol. The monoisotopic (exact) mass is 547 g/mol. The maximum absolute atomic E-state index is 10.5. The van der Waals surface area contributed by atoms with Crippen molar-refractivity contribution in [2.75, 3.05) is 4.90 Å². The molecule has 0 saturated heterocycles. The van der Waals surface area contributed by atoms with Gasteiger partial charge in [0.1, 0.15) is 5.75 Å². The third kappa shape index (κ3) is 5.33. The van der Waals surface area contributed by atoms with Crippen molar-refractivity contribution < 1.29 is 5.11 Å². The fraction of sp³-hybridized carbons (Fsp3) is 0.118. The maximum Gasteiger partial charge on any atom is 0.117 e. The fourth-order valence-electron chi connectivity index (χ4n) is 4.66. The van der Waals surface area contributed by atoms with Crippen LogP contribution in [0.2, 0.25) is 0 Å². The summed E-state index contributed by atoms with van der Waals surface area (Å²) in [6, 6.07) is 41.5. The molecule has 0 amide bonds. The van der Waals surface area contributed by atoms with Gasteiger partial charge in [0.2, 0.25) is 0 Å². The first-order valence-corrected chi connectivity index (χ1v) is 13.2. The van der Waals surface area contributed by atoms with Crippen LogP contribution in [0.15, 0.2) is 126 Å². The normalized spacial score (nSPS) is 11.4. The van der Waals surface area contributed by atoms with Crippen molar-refractivity contribution in [1.82, 2.24) is 0 Å². The van der Waals surface area contributed by atoms with Gasteiger partial charge in [0, 0.05) is 33.0 Å². The van der Waals surface area contributed by atoms with Gasteiger partial charge in [-0.25, -0.2) is 0 Å². The Hall–Kier alpha value is -3.82. The van der Waals surface area contributed by atoms with Crippen molar-refractivity contribution >= 4 is 33.0 Å². The van der Waals surface area contributed by atoms with Crippen LogP contribution >= 0.6 is 15.9 Å². The topological polar surface area (TPSA) is 23.5 Å². The number of anilines is 3. The minimum atomic E-state index is -0.0375. The fourth-order valence-corrected chi connectivity index (χ4v) is 5.14. The van der Waals surface area contributed by atoms with Crippen molar-refractivity contribution in [3.05, 3.63) is 131 Å². The molecule has 5 aromatic rings. The highest BCUT2D eigenvalue weighted by Crippen LogP contribution is 2.48. The van der Waals surface area contributed by atoms with Gasteiger partial charge < -0.3 is 10.0 Å². The first-order valence-electron chi connectivity index (χ1n) is 12.5. The van der Waals surface area contributed by atoms with E-state index in [-0.39, 0.29) is 11.2 Å². The van der Waals surface area contributed by atoms with Crippen LogP contribution in [-0.4, -0.2) is 5.11 Å². The van der Waals surface area contributed by atoms with Crippen molar-refractivity contribution in [2.24, 2.45) is 0 Å². The van der Waals surface area contributed by atoms with Crippen LogP contribution in [0.25, 0.3) is 22.3 Å². The molecule has 0 aliphatic carbocycles. The summed E-state index contributed by atoms with van der Waals surface area (Å²) in [6.45, 7) is 6.68. The molecule has 5 rings (SSSR count). The lowest BCUT2D eigenvalue weighted by Gasteiger charge is -2.32. The van der Waals surface area contributed by atoms with Crippen LogP contribution < -0.4 is 4.90 Å². The number of phenols is 1. The number of hydrogen-bond donors (Lipinski definition) is 1. The van der Waals surface area contributed by atoms with Gasteiger partial charge in [-0.05, 0) is 52.4 Å². The third-order valence-corrected chi connectivity index (χ3v) is 6.98. The predicted molar refractivity (Wildman–Crippen MR) is 160 cm³/mol. The molecule has 2 nitrogen and oxygen atoms in total. The lowest BCUT2D eigenvalue weighted by Crippen LogP contribution is -2.16. The molecule has 0 aromatic heterocycles. The summed E-state index contributed by atoms with van der Waals surface area (Å²) < 4.78 is 1.01. The van der Waals surface area contributed by atoms with E-state index in [4.69, 9.17) is 0 Å². The number of rotatable bonds is 5. The van der Waals surface area contributed by atoms with E-state index < -0.39 is 0 Å². The van der Waals surface area contributed by atoms with Gasteiger partial charge in [-0.1, -0.05) is 122 Å². The molecule has 0 fully saturated rings. The smallest absolute Gasteiger partial charge is 0.117 e. The van der Waals surface area contributed by atoms with Crippen LogP contribution in [0.3, 0.4) is 0 Å². The second-order valence-electron chi connectivity index (χ2n) is 10.2. The number of phenolic OH excluding ortho intramolecular Hbond substituents is 1. The van der Waals surface area contributed by atoms with Crippen LogP contribution in [0, 0.1) is 0 Å². The van der Waals surface area contributed by atoms with Crippen LogP contribution in [0.4, 0.5) is 17.1 Å². The molecule has 0 saturated carbocycles. The zero-order chi connectivity index (χ0) is 26.0. The highest BCUT2D eigenvalue weighted by atomic mass is 79.9. The average Bonchev–Trinajstić information content (AvgIpc) is 2.89. The Morgan fingerprint density at radius 3 is 1.70 bits per heavy atom. The Kier molecular flexibility index (Phi) is 6.90. The lowest BCUT2D eigenvalue weighted by atomic mass is 9.86. The Bertz CT molecular complexity index is 1460. The van der Waals surface area contributed by atoms with Gasteiger partial charge in [0.25, 0.3) is 0 Å². The van der Waals surface area contributed by atoms with Gasteiger partial charge in [-0.15, -0.1) is 0 Å². The van der Waals surface area contributed by atoms with E-state index >= 15 is 0 Å². The zero-order valence-corrected chi connectivity index (χ0v) is 22.9. The molecule has 0 aliphatic heterocycles. The summed E-state index contributed by atoms with van der Waals surface area (Å²) >= 11 is 3.78. The summed E-state index contributed by atoms with van der Waals surface area (Å²) in [7, 11) is 0. The van der Waals surface area contributed by atoms with E-state index in [0.29, 0.717) is 0 Å². The summed E-state index contributed by atoms with van der Waals surface area (Å²) in [4.78, 5) is 2.27. The van der Waals surface area contributed by atoms with Crippen LogP contribution in [0.1, 0.15) is 26.3 Å². The Balaban J connectivity index is 1.89. The minimum absolute atomic E-state index is 0.0375. The maximum atomic E-state index is 10.5. The molecule has 0 bridgehead atoms. The second kappa shape index (κ2) is 10.3. The molecule has 0 heterocycles. The molecule has 37 heavy (non-hydrogen) atoms. The SMILES string of the molecule is CC(C)(C)c1cc(Br)cc(N(c2cccc(O)c2)c2c(-c3ccccc3)cccc2-c2ccccc2)c1. The zero-order valence-electron chi connectivity index (χ0n) is 21.3. The second-order valence-corrected chi connectivity index (χ2v) is 11.2. The molecule has 0 unspecified atom stereocenters. The summed E-state index contributed by atoms with van der Waals surface area (Å²) in [6.07, 6.45) is 0. The first kappa shape index (κ1) is 24.9. The molecule has 3 heteroatoms. The molecule has 0 aliphatic rings. The van der Waals surface area contributed by atoms with E-state index in [2.05, 4.69) is 127 Å². The van der Waals surface area contributed by atoms with Crippen LogP contribution in [-0.2, 0) is 5.41 Å². The van der Waals surface area contributed by atoms with E-state index in [9.17, 15) is 5.11 Å². The number of para-hydroxylation sites is 1. The molecular formula is C34H30BrNO. The van der Waals surface area contributed by atoms with E-state index in [0.717, 1.165) is 43.8 Å². The summed E-state index contributed by atoms with van der Waals surface area (Å²) in [5, 5.41) is 10.5. The molecular weight excluding hydrogens is 518 g/mol. The highest BCUT2D eigenvalue weighted by Gasteiger charge is 2.24. The lowest BCUT2D eigenvalue weighted by molar-refractivity contribution is 0.475. The van der Waals surface area contributed by atoms with E-state index in [1.165, 1.54) is 5.56 Å². The molecule has 0 atom stereocenters. The summed E-state index contributed by atoms with van der Waals surface area (Å²) in [5.41, 5.74) is 8.64. The number of halogens is 1. The molecule has 1 N–H and O–H groups in total. The first-order chi connectivity index (χ1) is 17.8. The standard InChI is InChI=1S/C34H30BrNO/c1-34(2,3)26-20-27(35)22-29(21-26)36(28-16-10-17-30(37)23-28)33-31(24-12-6-4-7-13-24)18-11-19-32(33)25-14-8-5-9-15-25/h4-23,37H,1-3H3. The molecule has 0 spiro atoms. The number of hydrogen-bond acceptors (Lipinski definition) is 2. The van der Waals surface area contributed by atoms with Crippen molar-refractivity contribution in [3.63, 3.8) is 0 Å². The number of aromatic hydroxyl groups is 1. The Morgan fingerprint density at radius 1 is 0.595 bits per heavy atom. The van der Waals surface area contributed by atoms with Crippen molar-refractivity contribution in [1.29, 1.82) is 0 Å². The quantitative estimate of drug-likeness (QED) is 0.236. The predicted octanol–water partition coefficient (Wildman–Crippen LogP) is 10.3. The van der Waals surface area contributed by atoms with Gasteiger partial charge in [0.15, 0.2) is 0 Å². The van der Waals surface area contributed by atoms with E-state index in [1.807, 2.05) is 30.3 Å². The van der Waals surface area contributed by atoms with E-state index in [1.54, 1.807) is 6.07 Å².